The molecule has 1 amide bonds. The molecule has 1 N–H and O–H groups in total. The lowest BCUT2D eigenvalue weighted by molar-refractivity contribution is -0.113. The lowest BCUT2D eigenvalue weighted by atomic mass is 10.3. The molecule has 1 aromatic heterocycles. The second-order valence-corrected chi connectivity index (χ2v) is 7.62. The molecule has 0 radical (unpaired) electrons. The van der Waals surface area contributed by atoms with Crippen molar-refractivity contribution in [3.63, 3.8) is 0 Å². The third-order valence-corrected chi connectivity index (χ3v) is 5.36. The molecular weight excluding hydrogens is 444 g/mol. The van der Waals surface area contributed by atoms with Gasteiger partial charge in [0.1, 0.15) is 18.1 Å². The van der Waals surface area contributed by atoms with E-state index in [1.807, 2.05) is 35.9 Å². The first-order chi connectivity index (χ1) is 13.5. The molecule has 9 heteroatoms. The molecule has 0 saturated heterocycles. The van der Waals surface area contributed by atoms with Gasteiger partial charge in [0.2, 0.25) is 5.91 Å². The number of benzene rings is 2. The van der Waals surface area contributed by atoms with Crippen LogP contribution in [0.25, 0.3) is 0 Å². The van der Waals surface area contributed by atoms with E-state index in [-0.39, 0.29) is 11.7 Å². The highest BCUT2D eigenvalue weighted by molar-refractivity contribution is 9.10. The van der Waals surface area contributed by atoms with E-state index in [0.29, 0.717) is 23.3 Å². The van der Waals surface area contributed by atoms with Crippen molar-refractivity contribution in [1.29, 1.82) is 0 Å². The number of carbonyl (C=O) groups excluding carboxylic acids is 1. The molecule has 0 spiro atoms. The molecule has 0 aliphatic rings. The second-order valence-electron chi connectivity index (χ2n) is 5.77. The summed E-state index contributed by atoms with van der Waals surface area (Å²) in [7, 11) is 3.45. The Kier molecular flexibility index (Phi) is 6.94. The highest BCUT2D eigenvalue weighted by atomic mass is 79.9. The molecule has 28 heavy (non-hydrogen) atoms. The number of carbonyl (C=O) groups is 1. The predicted octanol–water partition coefficient (Wildman–Crippen LogP) is 3.90. The fourth-order valence-corrected chi connectivity index (χ4v) is 3.27. The first-order valence-electron chi connectivity index (χ1n) is 8.38. The van der Waals surface area contributed by atoms with Gasteiger partial charge in [-0.3, -0.25) is 4.79 Å². The van der Waals surface area contributed by atoms with Gasteiger partial charge in [-0.15, -0.1) is 10.2 Å². The van der Waals surface area contributed by atoms with Crippen molar-refractivity contribution in [2.75, 3.05) is 18.2 Å². The average Bonchev–Trinajstić information content (AvgIpc) is 3.06. The SMILES string of the molecule is COc1ccc(NC(=O)CSc2nnc(COc3ccc(Br)cc3)n2C)cc1. The van der Waals surface area contributed by atoms with E-state index < -0.39 is 0 Å². The Bertz CT molecular complexity index is 929. The molecule has 2 aromatic carbocycles. The maximum Gasteiger partial charge on any atom is 0.234 e. The number of anilines is 1. The molecule has 0 aliphatic heterocycles. The second kappa shape index (κ2) is 9.61. The summed E-state index contributed by atoms with van der Waals surface area (Å²) in [6.45, 7) is 0.295. The summed E-state index contributed by atoms with van der Waals surface area (Å²) in [6, 6.07) is 14.7. The lowest BCUT2D eigenvalue weighted by Crippen LogP contribution is -2.14. The lowest BCUT2D eigenvalue weighted by Gasteiger charge is -2.07. The van der Waals surface area contributed by atoms with Crippen LogP contribution >= 0.6 is 27.7 Å². The summed E-state index contributed by atoms with van der Waals surface area (Å²) in [6.07, 6.45) is 0. The van der Waals surface area contributed by atoms with Crippen LogP contribution < -0.4 is 14.8 Å². The summed E-state index contributed by atoms with van der Waals surface area (Å²) >= 11 is 4.71. The van der Waals surface area contributed by atoms with E-state index in [1.165, 1.54) is 11.8 Å². The predicted molar refractivity (Wildman–Crippen MR) is 112 cm³/mol. The Hall–Kier alpha value is -2.52. The molecule has 3 rings (SSSR count). The highest BCUT2D eigenvalue weighted by Crippen LogP contribution is 2.20. The number of methoxy groups -OCH3 is 1. The minimum Gasteiger partial charge on any atom is -0.497 e. The number of thioether (sulfide) groups is 1. The molecular formula is C19H19BrN4O3S. The fourth-order valence-electron chi connectivity index (χ4n) is 2.28. The maximum absolute atomic E-state index is 12.1. The quantitative estimate of drug-likeness (QED) is 0.511. The van der Waals surface area contributed by atoms with Crippen molar-refractivity contribution in [2.24, 2.45) is 7.05 Å². The Morgan fingerprint density at radius 1 is 1.11 bits per heavy atom. The summed E-state index contributed by atoms with van der Waals surface area (Å²) in [5, 5.41) is 11.8. The van der Waals surface area contributed by atoms with E-state index in [4.69, 9.17) is 9.47 Å². The van der Waals surface area contributed by atoms with E-state index >= 15 is 0 Å². The van der Waals surface area contributed by atoms with Crippen LogP contribution in [0.3, 0.4) is 0 Å². The van der Waals surface area contributed by atoms with E-state index in [9.17, 15) is 4.79 Å². The van der Waals surface area contributed by atoms with Gasteiger partial charge in [-0.1, -0.05) is 27.7 Å². The zero-order chi connectivity index (χ0) is 19.9. The van der Waals surface area contributed by atoms with Crippen molar-refractivity contribution >= 4 is 39.3 Å². The summed E-state index contributed by atoms with van der Waals surface area (Å²) in [5.41, 5.74) is 0.716. The van der Waals surface area contributed by atoms with Gasteiger partial charge in [0.05, 0.1) is 12.9 Å². The van der Waals surface area contributed by atoms with Crippen LogP contribution in [-0.2, 0) is 18.4 Å². The zero-order valence-corrected chi connectivity index (χ0v) is 17.8. The van der Waals surface area contributed by atoms with Crippen molar-refractivity contribution in [2.45, 2.75) is 11.8 Å². The highest BCUT2D eigenvalue weighted by Gasteiger charge is 2.12. The molecule has 0 aliphatic carbocycles. The van der Waals surface area contributed by atoms with Crippen molar-refractivity contribution in [3.8, 4) is 11.5 Å². The summed E-state index contributed by atoms with van der Waals surface area (Å²) in [5.74, 6) is 2.28. The van der Waals surface area contributed by atoms with Crippen LogP contribution in [-0.4, -0.2) is 33.5 Å². The van der Waals surface area contributed by atoms with E-state index in [2.05, 4.69) is 31.4 Å². The molecule has 146 valence electrons. The standard InChI is InChI=1S/C19H19BrN4O3S/c1-24-17(11-27-16-7-3-13(20)4-8-16)22-23-19(24)28-12-18(25)21-14-5-9-15(26-2)10-6-14/h3-10H,11-12H2,1-2H3,(H,21,25). The molecule has 0 saturated carbocycles. The Morgan fingerprint density at radius 3 is 2.46 bits per heavy atom. The molecule has 3 aromatic rings. The number of nitrogens with one attached hydrogen (secondary N) is 1. The number of ether oxygens (including phenoxy) is 2. The molecule has 0 bridgehead atoms. The van der Waals surface area contributed by atoms with Crippen LogP contribution in [0.4, 0.5) is 5.69 Å². The van der Waals surface area contributed by atoms with Gasteiger partial charge in [0.25, 0.3) is 0 Å². The van der Waals surface area contributed by atoms with Gasteiger partial charge in [0, 0.05) is 17.2 Å². The van der Waals surface area contributed by atoms with Crippen molar-refractivity contribution in [3.05, 3.63) is 58.8 Å². The molecule has 0 atom stereocenters. The normalized spacial score (nSPS) is 10.5. The first kappa shape index (κ1) is 20.2. The van der Waals surface area contributed by atoms with Crippen LogP contribution in [0, 0.1) is 0 Å². The van der Waals surface area contributed by atoms with Crippen molar-refractivity contribution in [1.82, 2.24) is 14.8 Å². The van der Waals surface area contributed by atoms with Gasteiger partial charge in [-0.2, -0.15) is 0 Å². The smallest absolute Gasteiger partial charge is 0.234 e. The monoisotopic (exact) mass is 462 g/mol. The fraction of sp³-hybridized carbons (Fsp3) is 0.211. The number of hydrogen-bond donors (Lipinski definition) is 1. The zero-order valence-electron chi connectivity index (χ0n) is 15.4. The van der Waals surface area contributed by atoms with Crippen LogP contribution in [0.1, 0.15) is 5.82 Å². The Balaban J connectivity index is 1.50. The molecule has 1 heterocycles. The number of hydrogen-bond acceptors (Lipinski definition) is 6. The van der Waals surface area contributed by atoms with Crippen LogP contribution in [0.15, 0.2) is 58.2 Å². The van der Waals surface area contributed by atoms with Gasteiger partial charge in [0.15, 0.2) is 11.0 Å². The Morgan fingerprint density at radius 2 is 1.79 bits per heavy atom. The largest absolute Gasteiger partial charge is 0.497 e. The van der Waals surface area contributed by atoms with E-state index in [0.717, 1.165) is 16.0 Å². The van der Waals surface area contributed by atoms with Gasteiger partial charge >= 0.3 is 0 Å². The van der Waals surface area contributed by atoms with Gasteiger partial charge in [-0.25, -0.2) is 0 Å². The number of halogens is 1. The number of nitrogens with zero attached hydrogens (tertiary/aromatic N) is 3. The maximum atomic E-state index is 12.1. The Labute approximate surface area is 175 Å². The molecule has 0 fully saturated rings. The van der Waals surface area contributed by atoms with Crippen LogP contribution in [0.5, 0.6) is 11.5 Å². The molecule has 0 unspecified atom stereocenters. The van der Waals surface area contributed by atoms with Crippen LogP contribution in [0.2, 0.25) is 0 Å². The van der Waals surface area contributed by atoms with Gasteiger partial charge < -0.3 is 19.4 Å². The molecule has 7 nitrogen and oxygen atoms in total. The van der Waals surface area contributed by atoms with E-state index in [1.54, 1.807) is 31.4 Å². The third kappa shape index (κ3) is 5.49. The number of amides is 1. The minimum atomic E-state index is -0.120. The third-order valence-electron chi connectivity index (χ3n) is 3.81. The topological polar surface area (TPSA) is 78.3 Å². The van der Waals surface area contributed by atoms with Crippen molar-refractivity contribution < 1.29 is 14.3 Å². The number of aromatic nitrogens is 3. The number of rotatable bonds is 8. The van der Waals surface area contributed by atoms with Gasteiger partial charge in [-0.05, 0) is 48.5 Å². The average molecular weight is 463 g/mol. The minimum absolute atomic E-state index is 0.120. The summed E-state index contributed by atoms with van der Waals surface area (Å²) < 4.78 is 13.6. The first-order valence-corrected chi connectivity index (χ1v) is 10.2. The summed E-state index contributed by atoms with van der Waals surface area (Å²) in [4.78, 5) is 12.1.